The first-order valence-corrected chi connectivity index (χ1v) is 8.72. The molecule has 4 rings (SSSR count). The van der Waals surface area contributed by atoms with Gasteiger partial charge in [0.2, 0.25) is 0 Å². The predicted molar refractivity (Wildman–Crippen MR) is 105 cm³/mol. The highest BCUT2D eigenvalue weighted by molar-refractivity contribution is 5.80. The van der Waals surface area contributed by atoms with Crippen LogP contribution in [0.25, 0.3) is 16.9 Å². The normalized spacial score (nSPS) is 10.8. The summed E-state index contributed by atoms with van der Waals surface area (Å²) in [6.07, 6.45) is 5.24. The maximum atomic E-state index is 13.2. The first kappa shape index (κ1) is 17.8. The number of hydrogen-bond acceptors (Lipinski definition) is 5. The third kappa shape index (κ3) is 3.34. The molecular weight excluding hydrogens is 359 g/mol. The number of benzene rings is 2. The molecule has 6 nitrogen and oxygen atoms in total. The van der Waals surface area contributed by atoms with Crippen LogP contribution in [-0.2, 0) is 6.54 Å². The Hall–Kier alpha value is -3.61. The summed E-state index contributed by atoms with van der Waals surface area (Å²) in [5.41, 5.74) is 3.22. The Kier molecular flexibility index (Phi) is 4.80. The first-order valence-electron chi connectivity index (χ1n) is 8.72. The molecule has 142 valence electrons. The Morgan fingerprint density at radius 2 is 1.89 bits per heavy atom. The molecule has 1 N–H and O–H groups in total. The van der Waals surface area contributed by atoms with Crippen molar-refractivity contribution in [3.05, 3.63) is 72.4 Å². The van der Waals surface area contributed by atoms with E-state index < -0.39 is 0 Å². The maximum absolute atomic E-state index is 13.2. The van der Waals surface area contributed by atoms with Gasteiger partial charge in [-0.05, 0) is 29.8 Å². The molecule has 0 unspecified atom stereocenters. The minimum atomic E-state index is -0.256. The Morgan fingerprint density at radius 1 is 1.07 bits per heavy atom. The van der Waals surface area contributed by atoms with Gasteiger partial charge in [0, 0.05) is 30.6 Å². The molecule has 0 fully saturated rings. The summed E-state index contributed by atoms with van der Waals surface area (Å²) in [7, 11) is 3.22. The third-order valence-corrected chi connectivity index (χ3v) is 4.47. The van der Waals surface area contributed by atoms with E-state index in [-0.39, 0.29) is 5.82 Å². The van der Waals surface area contributed by atoms with Crippen LogP contribution in [0, 0.1) is 5.82 Å². The third-order valence-electron chi connectivity index (χ3n) is 4.47. The molecule has 0 aliphatic rings. The van der Waals surface area contributed by atoms with Gasteiger partial charge in [0.25, 0.3) is 0 Å². The Labute approximate surface area is 161 Å². The Balaban J connectivity index is 1.78. The second-order valence-electron chi connectivity index (χ2n) is 6.16. The average Bonchev–Trinajstić information content (AvgIpc) is 3.11. The zero-order chi connectivity index (χ0) is 19.5. The number of nitrogens with one attached hydrogen (secondary N) is 1. The Morgan fingerprint density at radius 3 is 2.64 bits per heavy atom. The van der Waals surface area contributed by atoms with Crippen molar-refractivity contribution in [3.8, 4) is 22.8 Å². The van der Waals surface area contributed by atoms with Crippen LogP contribution >= 0.6 is 0 Å². The van der Waals surface area contributed by atoms with E-state index in [1.807, 2.05) is 28.8 Å². The minimum absolute atomic E-state index is 0.256. The molecule has 0 atom stereocenters. The summed E-state index contributed by atoms with van der Waals surface area (Å²) < 4.78 is 25.9. The van der Waals surface area contributed by atoms with Gasteiger partial charge < -0.3 is 14.8 Å². The summed E-state index contributed by atoms with van der Waals surface area (Å²) in [4.78, 5) is 8.89. The van der Waals surface area contributed by atoms with E-state index in [1.165, 1.54) is 12.1 Å². The number of rotatable bonds is 6. The number of methoxy groups -OCH3 is 2. The summed E-state index contributed by atoms with van der Waals surface area (Å²) in [6, 6.07) is 12.0. The van der Waals surface area contributed by atoms with Crippen LogP contribution in [0.4, 0.5) is 10.2 Å². The number of fused-ring (bicyclic) bond motifs is 1. The molecule has 0 aliphatic carbocycles. The maximum Gasteiger partial charge on any atom is 0.157 e. The Bertz CT molecular complexity index is 1110. The highest BCUT2D eigenvalue weighted by atomic mass is 19.1. The molecule has 0 spiro atoms. The van der Waals surface area contributed by atoms with Gasteiger partial charge in [-0.2, -0.15) is 0 Å². The number of ether oxygens (including phenoxy) is 2. The highest BCUT2D eigenvalue weighted by Gasteiger charge is 2.18. The number of nitrogens with zero attached hydrogens (tertiary/aromatic N) is 3. The predicted octanol–water partition coefficient (Wildman–Crippen LogP) is 4.16. The van der Waals surface area contributed by atoms with Crippen molar-refractivity contribution in [2.75, 3.05) is 19.5 Å². The lowest BCUT2D eigenvalue weighted by atomic mass is 10.1. The van der Waals surface area contributed by atoms with E-state index in [9.17, 15) is 4.39 Å². The molecule has 0 saturated heterocycles. The molecule has 0 saturated carbocycles. The molecule has 0 radical (unpaired) electrons. The first-order chi connectivity index (χ1) is 13.7. The molecule has 0 bridgehead atoms. The average molecular weight is 378 g/mol. The topological polar surface area (TPSA) is 60.7 Å². The summed E-state index contributed by atoms with van der Waals surface area (Å²) in [5.74, 6) is 1.89. The van der Waals surface area contributed by atoms with E-state index in [0.717, 1.165) is 22.6 Å². The van der Waals surface area contributed by atoms with Crippen molar-refractivity contribution in [2.24, 2.45) is 0 Å². The molecule has 4 aromatic rings. The van der Waals surface area contributed by atoms with Crippen molar-refractivity contribution < 1.29 is 13.9 Å². The number of aromatic nitrogens is 3. The SMILES string of the molecule is COc1ccc(-c2nc3cnccn3c2NCc2ccc(F)cc2)c(OC)c1. The van der Waals surface area contributed by atoms with E-state index in [0.29, 0.717) is 23.7 Å². The highest BCUT2D eigenvalue weighted by Crippen LogP contribution is 2.37. The van der Waals surface area contributed by atoms with Gasteiger partial charge in [0.15, 0.2) is 5.65 Å². The second-order valence-corrected chi connectivity index (χ2v) is 6.16. The van der Waals surface area contributed by atoms with Crippen molar-refractivity contribution in [1.29, 1.82) is 0 Å². The van der Waals surface area contributed by atoms with Gasteiger partial charge in [0.05, 0.1) is 20.4 Å². The molecule has 0 amide bonds. The number of anilines is 1. The van der Waals surface area contributed by atoms with E-state index in [1.54, 1.807) is 38.7 Å². The monoisotopic (exact) mass is 378 g/mol. The van der Waals surface area contributed by atoms with Crippen molar-refractivity contribution >= 4 is 11.5 Å². The lowest BCUT2D eigenvalue weighted by Gasteiger charge is -2.12. The summed E-state index contributed by atoms with van der Waals surface area (Å²) in [6.45, 7) is 0.516. The number of hydrogen-bond donors (Lipinski definition) is 1. The lowest BCUT2D eigenvalue weighted by Crippen LogP contribution is -2.04. The van der Waals surface area contributed by atoms with Crippen LogP contribution in [0.3, 0.4) is 0 Å². The smallest absolute Gasteiger partial charge is 0.157 e. The fraction of sp³-hybridized carbons (Fsp3) is 0.143. The zero-order valence-corrected chi connectivity index (χ0v) is 15.5. The molecule has 7 heteroatoms. The summed E-state index contributed by atoms with van der Waals surface area (Å²) >= 11 is 0. The van der Waals surface area contributed by atoms with E-state index in [2.05, 4.69) is 10.3 Å². The van der Waals surface area contributed by atoms with Crippen molar-refractivity contribution in [3.63, 3.8) is 0 Å². The van der Waals surface area contributed by atoms with Crippen LogP contribution in [0.5, 0.6) is 11.5 Å². The molecule has 28 heavy (non-hydrogen) atoms. The van der Waals surface area contributed by atoms with E-state index in [4.69, 9.17) is 14.5 Å². The summed E-state index contributed by atoms with van der Waals surface area (Å²) in [5, 5.41) is 3.41. The standard InChI is InChI=1S/C21H19FN4O2/c1-27-16-7-8-17(18(11-16)28-2)20-21(26-10-9-23-13-19(26)25-20)24-12-14-3-5-15(22)6-4-14/h3-11,13,24H,12H2,1-2H3. The van der Waals surface area contributed by atoms with Gasteiger partial charge in [-0.25, -0.2) is 9.37 Å². The zero-order valence-electron chi connectivity index (χ0n) is 15.5. The van der Waals surface area contributed by atoms with Crippen LogP contribution in [0.2, 0.25) is 0 Å². The van der Waals surface area contributed by atoms with Crippen LogP contribution in [0.1, 0.15) is 5.56 Å². The second kappa shape index (κ2) is 7.56. The van der Waals surface area contributed by atoms with Gasteiger partial charge in [-0.1, -0.05) is 12.1 Å². The fourth-order valence-electron chi connectivity index (χ4n) is 3.05. The van der Waals surface area contributed by atoms with Crippen LogP contribution in [-0.4, -0.2) is 28.6 Å². The van der Waals surface area contributed by atoms with Crippen LogP contribution in [0.15, 0.2) is 61.1 Å². The van der Waals surface area contributed by atoms with Gasteiger partial charge in [0.1, 0.15) is 28.8 Å². The number of halogens is 1. The quantitative estimate of drug-likeness (QED) is 0.546. The number of imidazole rings is 1. The van der Waals surface area contributed by atoms with Gasteiger partial charge in [-0.3, -0.25) is 9.38 Å². The molecule has 2 aromatic heterocycles. The molecular formula is C21H19FN4O2. The molecule has 2 heterocycles. The van der Waals surface area contributed by atoms with Crippen molar-refractivity contribution in [2.45, 2.75) is 6.54 Å². The largest absolute Gasteiger partial charge is 0.497 e. The molecule has 2 aromatic carbocycles. The molecule has 0 aliphatic heterocycles. The van der Waals surface area contributed by atoms with E-state index >= 15 is 0 Å². The fourth-order valence-corrected chi connectivity index (χ4v) is 3.05. The van der Waals surface area contributed by atoms with Crippen LogP contribution < -0.4 is 14.8 Å². The minimum Gasteiger partial charge on any atom is -0.497 e. The van der Waals surface area contributed by atoms with Gasteiger partial charge in [-0.15, -0.1) is 0 Å². The van der Waals surface area contributed by atoms with Crippen molar-refractivity contribution in [1.82, 2.24) is 14.4 Å². The lowest BCUT2D eigenvalue weighted by molar-refractivity contribution is 0.395. The van der Waals surface area contributed by atoms with Gasteiger partial charge >= 0.3 is 0 Å².